The molecule has 2 aliphatic rings. The van der Waals surface area contributed by atoms with Crippen LogP contribution in [0.4, 0.5) is 9.59 Å². The maximum atomic E-state index is 14.0. The second kappa shape index (κ2) is 16.6. The minimum Gasteiger partial charge on any atom is -0.453 e. The first-order chi connectivity index (χ1) is 22.7. The predicted molar refractivity (Wildman–Crippen MR) is 175 cm³/mol. The quantitative estimate of drug-likeness (QED) is 0.256. The Morgan fingerprint density at radius 3 is 2.04 bits per heavy atom. The summed E-state index contributed by atoms with van der Waals surface area (Å²) in [5, 5.41) is 10.8. The number of methoxy groups -OCH3 is 3. The van der Waals surface area contributed by atoms with Crippen LogP contribution in [0.3, 0.4) is 0 Å². The molecule has 0 bridgehead atoms. The Bertz CT molecular complexity index is 1340. The van der Waals surface area contributed by atoms with E-state index < -0.39 is 53.8 Å². The summed E-state index contributed by atoms with van der Waals surface area (Å²) in [5.74, 6) is -1.79. The third-order valence-electron chi connectivity index (χ3n) is 8.86. The molecule has 2 aliphatic heterocycles. The zero-order valence-electron chi connectivity index (χ0n) is 29.1. The number of hydrogen-bond acceptors (Lipinski definition) is 9. The van der Waals surface area contributed by atoms with Crippen LogP contribution in [0.1, 0.15) is 77.0 Å². The van der Waals surface area contributed by atoms with Crippen molar-refractivity contribution in [3.63, 3.8) is 0 Å². The number of amides is 6. The summed E-state index contributed by atoms with van der Waals surface area (Å²) in [4.78, 5) is 81.3. The van der Waals surface area contributed by atoms with Crippen LogP contribution < -0.4 is 21.3 Å². The van der Waals surface area contributed by atoms with Crippen molar-refractivity contribution in [3.05, 3.63) is 35.4 Å². The van der Waals surface area contributed by atoms with Crippen molar-refractivity contribution in [2.24, 2.45) is 0 Å². The van der Waals surface area contributed by atoms with Gasteiger partial charge in [0.15, 0.2) is 0 Å². The van der Waals surface area contributed by atoms with E-state index in [4.69, 9.17) is 14.2 Å². The van der Waals surface area contributed by atoms with Gasteiger partial charge in [-0.05, 0) is 65.0 Å². The SMILES string of the molecule is CCNC(=O)[C@@H]1CC(c2ccc([C@H](NC(=O)OC)C(=O)N3CCC[C@H]3C(=O)NC(C)C)cc2)CN1C(=O)[C@@H](NC(=O)OC)C(C)(C)OC. The Hall–Kier alpha value is -4.40. The summed E-state index contributed by atoms with van der Waals surface area (Å²) in [6.45, 7) is 9.68. The molecular formula is C33H50N6O9. The van der Waals surface area contributed by atoms with Crippen LogP contribution in [0.2, 0.25) is 0 Å². The molecule has 6 amide bonds. The molecule has 2 fully saturated rings. The van der Waals surface area contributed by atoms with Crippen molar-refractivity contribution in [3.8, 4) is 0 Å². The molecule has 48 heavy (non-hydrogen) atoms. The normalized spacial score (nSPS) is 20.5. The Kier molecular flexibility index (Phi) is 13.2. The van der Waals surface area contributed by atoms with Gasteiger partial charge >= 0.3 is 12.2 Å². The lowest BCUT2D eigenvalue weighted by atomic mass is 9.93. The lowest BCUT2D eigenvalue weighted by Crippen LogP contribution is -2.61. The summed E-state index contributed by atoms with van der Waals surface area (Å²) in [6.07, 6.45) is -0.158. The van der Waals surface area contributed by atoms with Gasteiger partial charge in [-0.3, -0.25) is 19.2 Å². The van der Waals surface area contributed by atoms with Gasteiger partial charge < -0.3 is 45.3 Å². The van der Waals surface area contributed by atoms with Crippen molar-refractivity contribution in [1.82, 2.24) is 31.1 Å². The molecule has 2 heterocycles. The van der Waals surface area contributed by atoms with Crippen molar-refractivity contribution in [2.45, 2.75) is 95.6 Å². The average Bonchev–Trinajstić information content (AvgIpc) is 3.74. The van der Waals surface area contributed by atoms with Gasteiger partial charge in [0.2, 0.25) is 17.7 Å². The number of likely N-dealkylation sites (N-methyl/N-ethyl adjacent to an activating group) is 1. The molecule has 5 atom stereocenters. The summed E-state index contributed by atoms with van der Waals surface area (Å²) in [6, 6.07) is 3.14. The lowest BCUT2D eigenvalue weighted by Gasteiger charge is -2.36. The number of ether oxygens (including phenoxy) is 3. The van der Waals surface area contributed by atoms with Gasteiger partial charge in [0.05, 0.1) is 19.8 Å². The van der Waals surface area contributed by atoms with Gasteiger partial charge in [0, 0.05) is 38.7 Å². The molecule has 0 saturated carbocycles. The number of carbonyl (C=O) groups excluding carboxylic acids is 6. The van der Waals surface area contributed by atoms with Crippen LogP contribution in [0.15, 0.2) is 24.3 Å². The molecule has 15 heteroatoms. The summed E-state index contributed by atoms with van der Waals surface area (Å²) in [7, 11) is 3.81. The van der Waals surface area contributed by atoms with Crippen molar-refractivity contribution >= 4 is 35.8 Å². The summed E-state index contributed by atoms with van der Waals surface area (Å²) < 4.78 is 15.1. The van der Waals surface area contributed by atoms with E-state index in [0.717, 1.165) is 5.56 Å². The van der Waals surface area contributed by atoms with Crippen molar-refractivity contribution in [2.75, 3.05) is 41.0 Å². The van der Waals surface area contributed by atoms with Crippen LogP contribution in [0.5, 0.6) is 0 Å². The molecule has 2 saturated heterocycles. The van der Waals surface area contributed by atoms with Crippen LogP contribution >= 0.6 is 0 Å². The highest BCUT2D eigenvalue weighted by atomic mass is 16.5. The van der Waals surface area contributed by atoms with Gasteiger partial charge in [-0.15, -0.1) is 0 Å². The number of alkyl carbamates (subject to hydrolysis) is 2. The van der Waals surface area contributed by atoms with Gasteiger partial charge in [0.1, 0.15) is 24.2 Å². The highest BCUT2D eigenvalue weighted by Crippen LogP contribution is 2.34. The Morgan fingerprint density at radius 1 is 0.854 bits per heavy atom. The first-order valence-electron chi connectivity index (χ1n) is 16.2. The number of likely N-dealkylation sites (tertiary alicyclic amines) is 2. The third kappa shape index (κ3) is 8.94. The second-order valence-electron chi connectivity index (χ2n) is 12.8. The van der Waals surface area contributed by atoms with Gasteiger partial charge in [-0.2, -0.15) is 0 Å². The molecule has 15 nitrogen and oxygen atoms in total. The van der Waals surface area contributed by atoms with Gasteiger partial charge in [-0.1, -0.05) is 24.3 Å². The highest BCUT2D eigenvalue weighted by Gasteiger charge is 2.47. The van der Waals surface area contributed by atoms with E-state index in [9.17, 15) is 28.8 Å². The number of carbonyl (C=O) groups is 6. The zero-order chi connectivity index (χ0) is 35.8. The maximum absolute atomic E-state index is 14.0. The molecule has 0 aliphatic carbocycles. The molecule has 0 radical (unpaired) electrons. The first-order valence-corrected chi connectivity index (χ1v) is 16.2. The zero-order valence-corrected chi connectivity index (χ0v) is 29.1. The topological polar surface area (TPSA) is 185 Å². The molecule has 3 rings (SSSR count). The van der Waals surface area contributed by atoms with Crippen LogP contribution in [0.25, 0.3) is 0 Å². The van der Waals surface area contributed by atoms with Gasteiger partial charge in [-0.25, -0.2) is 9.59 Å². The average molecular weight is 675 g/mol. The lowest BCUT2D eigenvalue weighted by molar-refractivity contribution is -0.145. The van der Waals surface area contributed by atoms with E-state index in [0.29, 0.717) is 37.9 Å². The van der Waals surface area contributed by atoms with E-state index in [1.807, 2.05) is 13.8 Å². The van der Waals surface area contributed by atoms with E-state index in [-0.39, 0.29) is 30.3 Å². The standard InChI is InChI=1S/C33H50N6O9/c1-9-34-27(40)24-17-22(18-39(24)30(43)26(33(4,5)48-8)37-32(45)47-7)20-12-14-21(15-13-20)25(36-31(44)46-6)29(42)38-16-10-11-23(38)28(41)35-19(2)3/h12-15,19,22-26H,9-11,16-18H2,1-8H3,(H,34,40)(H,35,41)(H,36,44)(H,37,45)/t22?,23-,24-,25-,26+/m0/s1. The fourth-order valence-corrected chi connectivity index (χ4v) is 6.13. The number of nitrogens with zero attached hydrogens (tertiary/aromatic N) is 2. The number of rotatable bonds is 12. The molecule has 1 aromatic rings. The third-order valence-corrected chi connectivity index (χ3v) is 8.86. The predicted octanol–water partition coefficient (Wildman–Crippen LogP) is 1.57. The number of hydrogen-bond donors (Lipinski definition) is 4. The Labute approximate surface area is 281 Å². The Balaban J connectivity index is 1.91. The molecule has 266 valence electrons. The van der Waals surface area contributed by atoms with Crippen LogP contribution in [-0.4, -0.2) is 116 Å². The fourth-order valence-electron chi connectivity index (χ4n) is 6.13. The summed E-state index contributed by atoms with van der Waals surface area (Å²) in [5.41, 5.74) is 0.139. The van der Waals surface area contributed by atoms with E-state index in [2.05, 4.69) is 21.3 Å². The minimum absolute atomic E-state index is 0.0949. The van der Waals surface area contributed by atoms with Crippen molar-refractivity contribution in [1.29, 1.82) is 0 Å². The molecule has 1 aromatic carbocycles. The van der Waals surface area contributed by atoms with E-state index in [1.165, 1.54) is 31.1 Å². The smallest absolute Gasteiger partial charge is 0.407 e. The maximum Gasteiger partial charge on any atom is 0.407 e. The van der Waals surface area contributed by atoms with Crippen molar-refractivity contribution < 1.29 is 43.0 Å². The molecule has 4 N–H and O–H groups in total. The highest BCUT2D eigenvalue weighted by molar-refractivity contribution is 5.94. The molecular weight excluding hydrogens is 624 g/mol. The van der Waals surface area contributed by atoms with E-state index in [1.54, 1.807) is 45.0 Å². The van der Waals surface area contributed by atoms with Crippen LogP contribution in [-0.2, 0) is 33.4 Å². The first kappa shape index (κ1) is 38.1. The largest absolute Gasteiger partial charge is 0.453 e. The molecule has 0 aromatic heterocycles. The summed E-state index contributed by atoms with van der Waals surface area (Å²) >= 11 is 0. The second-order valence-corrected chi connectivity index (χ2v) is 12.8. The Morgan fingerprint density at radius 2 is 1.48 bits per heavy atom. The number of nitrogens with one attached hydrogen (secondary N) is 4. The molecule has 0 spiro atoms. The van der Waals surface area contributed by atoms with Crippen LogP contribution in [0, 0.1) is 0 Å². The molecule has 1 unspecified atom stereocenters. The monoisotopic (exact) mass is 674 g/mol. The minimum atomic E-state index is -1.15. The van der Waals surface area contributed by atoms with E-state index >= 15 is 0 Å². The fraction of sp³-hybridized carbons (Fsp3) is 0.636. The van der Waals surface area contributed by atoms with Gasteiger partial charge in [0.25, 0.3) is 5.91 Å². The number of benzene rings is 1.